The Morgan fingerprint density at radius 1 is 1.58 bits per heavy atom. The lowest BCUT2D eigenvalue weighted by Gasteiger charge is -2.01. The summed E-state index contributed by atoms with van der Waals surface area (Å²) in [5.74, 6) is -0.241. The zero-order valence-corrected chi connectivity index (χ0v) is 7.01. The molecule has 0 radical (unpaired) electrons. The quantitative estimate of drug-likeness (QED) is 0.670. The summed E-state index contributed by atoms with van der Waals surface area (Å²) in [6, 6.07) is 4.96. The van der Waals surface area contributed by atoms with Gasteiger partial charge in [-0.25, -0.2) is 4.39 Å². The molecule has 0 atom stereocenters. The third-order valence-corrected chi connectivity index (χ3v) is 1.61. The van der Waals surface area contributed by atoms with Crippen molar-refractivity contribution in [3.63, 3.8) is 0 Å². The van der Waals surface area contributed by atoms with E-state index in [1.807, 2.05) is 6.07 Å². The molecule has 64 valence electrons. The SMILES string of the molecule is C=Cc1ccc(COC)c(F)c1. The number of halogens is 1. The van der Waals surface area contributed by atoms with Crippen LogP contribution in [0.2, 0.25) is 0 Å². The number of hydrogen-bond acceptors (Lipinski definition) is 1. The fourth-order valence-electron chi connectivity index (χ4n) is 0.963. The van der Waals surface area contributed by atoms with Crippen molar-refractivity contribution in [2.45, 2.75) is 6.61 Å². The molecule has 0 saturated carbocycles. The molecule has 0 aliphatic carbocycles. The van der Waals surface area contributed by atoms with Crippen LogP contribution in [0.25, 0.3) is 6.08 Å². The summed E-state index contributed by atoms with van der Waals surface area (Å²) in [5.41, 5.74) is 1.36. The Balaban J connectivity index is 2.94. The molecule has 1 aromatic carbocycles. The standard InChI is InChI=1S/C10H11FO/c1-3-8-4-5-9(7-12-2)10(11)6-8/h3-6H,1,7H2,2H3. The van der Waals surface area contributed by atoms with Gasteiger partial charge in [-0.1, -0.05) is 24.8 Å². The van der Waals surface area contributed by atoms with Crippen molar-refractivity contribution in [2.75, 3.05) is 7.11 Å². The topological polar surface area (TPSA) is 9.23 Å². The molecule has 0 aliphatic heterocycles. The van der Waals surface area contributed by atoms with E-state index >= 15 is 0 Å². The summed E-state index contributed by atoms with van der Waals surface area (Å²) in [6.07, 6.45) is 1.61. The molecule has 0 bridgehead atoms. The Hall–Kier alpha value is -1.15. The normalized spacial score (nSPS) is 9.83. The highest BCUT2D eigenvalue weighted by Gasteiger charge is 2.00. The van der Waals surface area contributed by atoms with Gasteiger partial charge >= 0.3 is 0 Å². The van der Waals surface area contributed by atoms with Crippen molar-refractivity contribution in [3.05, 3.63) is 41.7 Å². The highest BCUT2D eigenvalue weighted by atomic mass is 19.1. The van der Waals surface area contributed by atoms with E-state index in [-0.39, 0.29) is 5.82 Å². The number of methoxy groups -OCH3 is 1. The van der Waals surface area contributed by atoms with Crippen LogP contribution in [0.4, 0.5) is 4.39 Å². The Kier molecular flexibility index (Phi) is 3.00. The van der Waals surface area contributed by atoms with Gasteiger partial charge in [-0.15, -0.1) is 0 Å². The van der Waals surface area contributed by atoms with Gasteiger partial charge in [0, 0.05) is 12.7 Å². The molecule has 0 aromatic heterocycles. The molecule has 0 aliphatic rings. The molecule has 2 heteroatoms. The van der Waals surface area contributed by atoms with Crippen LogP contribution in [0.3, 0.4) is 0 Å². The smallest absolute Gasteiger partial charge is 0.129 e. The van der Waals surface area contributed by atoms with E-state index in [0.29, 0.717) is 12.2 Å². The molecule has 0 heterocycles. The summed E-state index contributed by atoms with van der Waals surface area (Å²) in [7, 11) is 1.54. The average Bonchev–Trinajstić information content (AvgIpc) is 2.09. The molecule has 1 nitrogen and oxygen atoms in total. The van der Waals surface area contributed by atoms with Crippen molar-refractivity contribution >= 4 is 6.08 Å². The minimum Gasteiger partial charge on any atom is -0.380 e. The van der Waals surface area contributed by atoms with Gasteiger partial charge in [0.05, 0.1) is 6.61 Å². The molecular formula is C10H11FO. The highest BCUT2D eigenvalue weighted by Crippen LogP contribution is 2.11. The van der Waals surface area contributed by atoms with Crippen LogP contribution in [-0.2, 0) is 11.3 Å². The first kappa shape index (κ1) is 8.94. The van der Waals surface area contributed by atoms with Gasteiger partial charge in [-0.05, 0) is 11.6 Å². The Labute approximate surface area is 71.5 Å². The summed E-state index contributed by atoms with van der Waals surface area (Å²) in [5, 5.41) is 0. The van der Waals surface area contributed by atoms with E-state index in [9.17, 15) is 4.39 Å². The largest absolute Gasteiger partial charge is 0.380 e. The van der Waals surface area contributed by atoms with Crippen molar-refractivity contribution in [1.29, 1.82) is 0 Å². The van der Waals surface area contributed by atoms with E-state index in [1.165, 1.54) is 6.07 Å². The summed E-state index contributed by atoms with van der Waals surface area (Å²) < 4.78 is 17.9. The molecule has 1 rings (SSSR count). The van der Waals surface area contributed by atoms with Gasteiger partial charge in [0.2, 0.25) is 0 Å². The van der Waals surface area contributed by atoms with Crippen molar-refractivity contribution < 1.29 is 9.13 Å². The first-order chi connectivity index (χ1) is 5.77. The van der Waals surface area contributed by atoms with Crippen molar-refractivity contribution in [1.82, 2.24) is 0 Å². The second-order valence-electron chi connectivity index (χ2n) is 2.49. The van der Waals surface area contributed by atoms with Crippen LogP contribution < -0.4 is 0 Å². The molecule has 0 spiro atoms. The van der Waals surface area contributed by atoms with E-state index in [0.717, 1.165) is 5.56 Å². The lowest BCUT2D eigenvalue weighted by molar-refractivity contribution is 0.181. The van der Waals surface area contributed by atoms with Gasteiger partial charge in [0.15, 0.2) is 0 Å². The lowest BCUT2D eigenvalue weighted by Crippen LogP contribution is -1.92. The Morgan fingerprint density at radius 3 is 2.83 bits per heavy atom. The molecule has 1 aromatic rings. The zero-order valence-electron chi connectivity index (χ0n) is 7.01. The molecule has 0 saturated heterocycles. The highest BCUT2D eigenvalue weighted by molar-refractivity contribution is 5.47. The maximum Gasteiger partial charge on any atom is 0.129 e. The van der Waals surface area contributed by atoms with Crippen LogP contribution in [0, 0.1) is 5.82 Å². The average molecular weight is 166 g/mol. The predicted octanol–water partition coefficient (Wildman–Crippen LogP) is 2.62. The molecule has 12 heavy (non-hydrogen) atoms. The molecule has 0 N–H and O–H groups in total. The van der Waals surface area contributed by atoms with Crippen LogP contribution >= 0.6 is 0 Å². The van der Waals surface area contributed by atoms with Gasteiger partial charge < -0.3 is 4.74 Å². The Morgan fingerprint density at radius 2 is 2.33 bits per heavy atom. The molecule has 0 fully saturated rings. The minimum absolute atomic E-state index is 0.241. The van der Waals surface area contributed by atoms with E-state index < -0.39 is 0 Å². The maximum absolute atomic E-state index is 13.1. The second-order valence-corrected chi connectivity index (χ2v) is 2.49. The molecular weight excluding hydrogens is 155 g/mol. The molecule has 0 unspecified atom stereocenters. The van der Waals surface area contributed by atoms with Crippen LogP contribution in [-0.4, -0.2) is 7.11 Å². The summed E-state index contributed by atoms with van der Waals surface area (Å²) in [4.78, 5) is 0. The summed E-state index contributed by atoms with van der Waals surface area (Å²) in [6.45, 7) is 3.86. The number of rotatable bonds is 3. The van der Waals surface area contributed by atoms with E-state index in [1.54, 1.807) is 19.3 Å². The van der Waals surface area contributed by atoms with Gasteiger partial charge in [-0.3, -0.25) is 0 Å². The third kappa shape index (κ3) is 1.92. The number of hydrogen-bond donors (Lipinski definition) is 0. The zero-order chi connectivity index (χ0) is 8.97. The fourth-order valence-corrected chi connectivity index (χ4v) is 0.963. The first-order valence-corrected chi connectivity index (χ1v) is 3.67. The van der Waals surface area contributed by atoms with Crippen LogP contribution in [0.15, 0.2) is 24.8 Å². The lowest BCUT2D eigenvalue weighted by atomic mass is 10.1. The van der Waals surface area contributed by atoms with Gasteiger partial charge in [0.1, 0.15) is 5.82 Å². The van der Waals surface area contributed by atoms with E-state index in [4.69, 9.17) is 4.74 Å². The predicted molar refractivity (Wildman–Crippen MR) is 47.2 cm³/mol. The Bertz CT molecular complexity index is 281. The number of ether oxygens (including phenoxy) is 1. The van der Waals surface area contributed by atoms with Gasteiger partial charge in [-0.2, -0.15) is 0 Å². The number of benzene rings is 1. The maximum atomic E-state index is 13.1. The third-order valence-electron chi connectivity index (χ3n) is 1.61. The monoisotopic (exact) mass is 166 g/mol. The minimum atomic E-state index is -0.241. The first-order valence-electron chi connectivity index (χ1n) is 3.67. The van der Waals surface area contributed by atoms with Crippen LogP contribution in [0.1, 0.15) is 11.1 Å². The molecule has 0 amide bonds. The second kappa shape index (κ2) is 4.02. The van der Waals surface area contributed by atoms with Crippen molar-refractivity contribution in [3.8, 4) is 0 Å². The van der Waals surface area contributed by atoms with Crippen molar-refractivity contribution in [2.24, 2.45) is 0 Å². The van der Waals surface area contributed by atoms with E-state index in [2.05, 4.69) is 6.58 Å². The fraction of sp³-hybridized carbons (Fsp3) is 0.200. The summed E-state index contributed by atoms with van der Waals surface area (Å²) >= 11 is 0. The van der Waals surface area contributed by atoms with Gasteiger partial charge in [0.25, 0.3) is 0 Å². The van der Waals surface area contributed by atoms with Crippen LogP contribution in [0.5, 0.6) is 0 Å².